The molecule has 0 radical (unpaired) electrons. The maximum absolute atomic E-state index is 12.0. The summed E-state index contributed by atoms with van der Waals surface area (Å²) in [7, 11) is 2.03. The number of rotatable bonds is 6. The largest absolute Gasteiger partial charge is 0.302 e. The second-order valence-corrected chi connectivity index (χ2v) is 5.77. The quantitative estimate of drug-likeness (QED) is 0.747. The van der Waals surface area contributed by atoms with Gasteiger partial charge in [-0.3, -0.25) is 4.79 Å². The van der Waals surface area contributed by atoms with E-state index in [-0.39, 0.29) is 5.78 Å². The summed E-state index contributed by atoms with van der Waals surface area (Å²) in [6, 6.07) is 9.24. The van der Waals surface area contributed by atoms with Gasteiger partial charge in [0.25, 0.3) is 0 Å². The molecule has 100 valence electrons. The first-order valence-corrected chi connectivity index (χ1v) is 7.45. The number of Topliss-reactive ketones (excluding diaryl/α,β-unsaturated/α-hetero) is 1. The molecule has 0 saturated carbocycles. The zero-order valence-electron chi connectivity index (χ0n) is 10.8. The molecular formula is C15H16ClNOS. The zero-order valence-corrected chi connectivity index (χ0v) is 12.4. The third kappa shape index (κ3) is 4.46. The highest BCUT2D eigenvalue weighted by molar-refractivity contribution is 7.07. The van der Waals surface area contributed by atoms with E-state index in [1.165, 1.54) is 5.56 Å². The molecule has 0 aliphatic rings. The van der Waals surface area contributed by atoms with E-state index in [1.54, 1.807) is 23.5 Å². The van der Waals surface area contributed by atoms with E-state index in [1.807, 2.05) is 19.2 Å². The Labute approximate surface area is 122 Å². The molecule has 0 bridgehead atoms. The van der Waals surface area contributed by atoms with Crippen molar-refractivity contribution in [3.8, 4) is 0 Å². The molecule has 2 nitrogen and oxygen atoms in total. The number of hydrogen-bond donors (Lipinski definition) is 0. The van der Waals surface area contributed by atoms with Gasteiger partial charge in [0.15, 0.2) is 5.78 Å². The molecule has 2 aromatic rings. The summed E-state index contributed by atoms with van der Waals surface area (Å²) in [5, 5.41) is 4.81. The summed E-state index contributed by atoms with van der Waals surface area (Å²) < 4.78 is 0. The monoisotopic (exact) mass is 293 g/mol. The lowest BCUT2D eigenvalue weighted by molar-refractivity contribution is 0.0968. The molecule has 1 aromatic heterocycles. The Morgan fingerprint density at radius 2 is 2.21 bits per heavy atom. The molecule has 1 heterocycles. The molecule has 4 heteroatoms. The maximum Gasteiger partial charge on any atom is 0.164 e. The second-order valence-electron chi connectivity index (χ2n) is 4.55. The summed E-state index contributed by atoms with van der Waals surface area (Å²) in [6.45, 7) is 1.63. The Morgan fingerprint density at radius 1 is 1.37 bits per heavy atom. The molecule has 0 aliphatic carbocycles. The number of thiophene rings is 1. The molecular weight excluding hydrogens is 278 g/mol. The highest BCUT2D eigenvalue weighted by Gasteiger charge is 2.08. The smallest absolute Gasteiger partial charge is 0.164 e. The summed E-state index contributed by atoms with van der Waals surface area (Å²) in [5.41, 5.74) is 1.99. The summed E-state index contributed by atoms with van der Waals surface area (Å²) in [4.78, 5) is 14.2. The molecule has 1 aromatic carbocycles. The fourth-order valence-electron chi connectivity index (χ4n) is 1.87. The van der Waals surface area contributed by atoms with Crippen LogP contribution in [-0.4, -0.2) is 24.3 Å². The van der Waals surface area contributed by atoms with E-state index < -0.39 is 0 Å². The molecule has 0 unspecified atom stereocenters. The fraction of sp³-hybridized carbons (Fsp3) is 0.267. The van der Waals surface area contributed by atoms with E-state index in [0.29, 0.717) is 17.0 Å². The molecule has 0 aliphatic heterocycles. The predicted molar refractivity (Wildman–Crippen MR) is 81.1 cm³/mol. The SMILES string of the molecule is CN(CCC(=O)c1cccc(Cl)c1)Cc1ccsc1. The Hall–Kier alpha value is -1.16. The molecule has 0 saturated heterocycles. The standard InChI is InChI=1S/C15H16ClNOS/c1-17(10-12-6-8-19-11-12)7-5-15(18)13-3-2-4-14(16)9-13/h2-4,6,8-9,11H,5,7,10H2,1H3. The van der Waals surface area contributed by atoms with Gasteiger partial charge in [0, 0.05) is 30.1 Å². The van der Waals surface area contributed by atoms with Crippen LogP contribution >= 0.6 is 22.9 Å². The topological polar surface area (TPSA) is 20.3 Å². The average Bonchev–Trinajstić information content (AvgIpc) is 2.88. The van der Waals surface area contributed by atoms with Crippen LogP contribution in [0.25, 0.3) is 0 Å². The first-order valence-electron chi connectivity index (χ1n) is 6.13. The van der Waals surface area contributed by atoms with Crippen LogP contribution in [0.15, 0.2) is 41.1 Å². The second kappa shape index (κ2) is 6.85. The molecule has 2 rings (SSSR count). The Morgan fingerprint density at radius 3 is 2.89 bits per heavy atom. The molecule has 0 atom stereocenters. The Kier molecular flexibility index (Phi) is 5.14. The lowest BCUT2D eigenvalue weighted by atomic mass is 10.1. The third-order valence-corrected chi connectivity index (χ3v) is 3.87. The Balaban J connectivity index is 1.83. The molecule has 19 heavy (non-hydrogen) atoms. The first kappa shape index (κ1) is 14.3. The summed E-state index contributed by atoms with van der Waals surface area (Å²) in [6.07, 6.45) is 0.515. The number of carbonyl (C=O) groups is 1. The maximum atomic E-state index is 12.0. The van der Waals surface area contributed by atoms with Gasteiger partial charge in [0.05, 0.1) is 0 Å². The van der Waals surface area contributed by atoms with Crippen LogP contribution in [0.1, 0.15) is 22.3 Å². The molecule has 0 fully saturated rings. The Bertz CT molecular complexity index is 539. The van der Waals surface area contributed by atoms with Crippen LogP contribution in [0, 0.1) is 0 Å². The predicted octanol–water partition coefficient (Wildman–Crippen LogP) is 4.11. The van der Waals surface area contributed by atoms with Crippen molar-refractivity contribution in [1.29, 1.82) is 0 Å². The van der Waals surface area contributed by atoms with Crippen molar-refractivity contribution in [2.45, 2.75) is 13.0 Å². The van der Waals surface area contributed by atoms with E-state index >= 15 is 0 Å². The molecule has 0 amide bonds. The fourth-order valence-corrected chi connectivity index (χ4v) is 2.72. The van der Waals surface area contributed by atoms with Gasteiger partial charge in [-0.05, 0) is 41.6 Å². The van der Waals surface area contributed by atoms with Gasteiger partial charge < -0.3 is 4.90 Å². The van der Waals surface area contributed by atoms with Crippen molar-refractivity contribution < 1.29 is 4.79 Å². The van der Waals surface area contributed by atoms with Gasteiger partial charge in [-0.25, -0.2) is 0 Å². The average molecular weight is 294 g/mol. The van der Waals surface area contributed by atoms with Crippen LogP contribution in [0.4, 0.5) is 0 Å². The van der Waals surface area contributed by atoms with Gasteiger partial charge in [-0.2, -0.15) is 11.3 Å². The first-order chi connectivity index (χ1) is 9.15. The minimum Gasteiger partial charge on any atom is -0.302 e. The van der Waals surface area contributed by atoms with Gasteiger partial charge >= 0.3 is 0 Å². The highest BCUT2D eigenvalue weighted by atomic mass is 35.5. The van der Waals surface area contributed by atoms with Gasteiger partial charge in [0.1, 0.15) is 0 Å². The van der Waals surface area contributed by atoms with Gasteiger partial charge in [-0.1, -0.05) is 23.7 Å². The van der Waals surface area contributed by atoms with Gasteiger partial charge in [0.2, 0.25) is 0 Å². The van der Waals surface area contributed by atoms with Crippen molar-refractivity contribution in [3.63, 3.8) is 0 Å². The van der Waals surface area contributed by atoms with E-state index in [2.05, 4.69) is 21.7 Å². The highest BCUT2D eigenvalue weighted by Crippen LogP contribution is 2.13. The number of benzene rings is 1. The van der Waals surface area contributed by atoms with Crippen molar-refractivity contribution in [2.24, 2.45) is 0 Å². The normalized spacial score (nSPS) is 10.9. The van der Waals surface area contributed by atoms with Crippen molar-refractivity contribution in [1.82, 2.24) is 4.90 Å². The van der Waals surface area contributed by atoms with Crippen molar-refractivity contribution >= 4 is 28.7 Å². The van der Waals surface area contributed by atoms with Crippen LogP contribution < -0.4 is 0 Å². The zero-order chi connectivity index (χ0) is 13.7. The number of hydrogen-bond acceptors (Lipinski definition) is 3. The van der Waals surface area contributed by atoms with Crippen LogP contribution in [0.3, 0.4) is 0 Å². The van der Waals surface area contributed by atoms with Crippen LogP contribution in [0.5, 0.6) is 0 Å². The van der Waals surface area contributed by atoms with Crippen LogP contribution in [0.2, 0.25) is 5.02 Å². The van der Waals surface area contributed by atoms with Crippen LogP contribution in [-0.2, 0) is 6.54 Å². The number of carbonyl (C=O) groups excluding carboxylic acids is 1. The van der Waals surface area contributed by atoms with E-state index in [4.69, 9.17) is 11.6 Å². The van der Waals surface area contributed by atoms with Gasteiger partial charge in [-0.15, -0.1) is 0 Å². The van der Waals surface area contributed by atoms with Crippen molar-refractivity contribution in [2.75, 3.05) is 13.6 Å². The summed E-state index contributed by atoms with van der Waals surface area (Å²) in [5.74, 6) is 0.139. The molecule has 0 spiro atoms. The lowest BCUT2D eigenvalue weighted by Gasteiger charge is -2.15. The number of nitrogens with zero attached hydrogens (tertiary/aromatic N) is 1. The van der Waals surface area contributed by atoms with E-state index in [9.17, 15) is 4.79 Å². The number of halogens is 1. The lowest BCUT2D eigenvalue weighted by Crippen LogP contribution is -2.21. The third-order valence-electron chi connectivity index (χ3n) is 2.90. The molecule has 0 N–H and O–H groups in total. The number of ketones is 1. The minimum absolute atomic E-state index is 0.139. The summed E-state index contributed by atoms with van der Waals surface area (Å²) >= 11 is 7.58. The van der Waals surface area contributed by atoms with Crippen molar-refractivity contribution in [3.05, 3.63) is 57.2 Å². The minimum atomic E-state index is 0.139. The van der Waals surface area contributed by atoms with E-state index in [0.717, 1.165) is 13.1 Å².